The van der Waals surface area contributed by atoms with Gasteiger partial charge in [0.1, 0.15) is 17.4 Å². The van der Waals surface area contributed by atoms with Gasteiger partial charge in [0.2, 0.25) is 0 Å². The first-order chi connectivity index (χ1) is 15.5. The van der Waals surface area contributed by atoms with E-state index in [0.29, 0.717) is 44.9 Å². The predicted molar refractivity (Wildman–Crippen MR) is 123 cm³/mol. The van der Waals surface area contributed by atoms with Crippen molar-refractivity contribution in [3.63, 3.8) is 0 Å². The maximum absolute atomic E-state index is 13.2. The molecule has 1 heterocycles. The van der Waals surface area contributed by atoms with Gasteiger partial charge in [-0.3, -0.25) is 4.79 Å². The third-order valence-corrected chi connectivity index (χ3v) is 4.86. The minimum absolute atomic E-state index is 0.287. The third-order valence-electron chi connectivity index (χ3n) is 4.56. The Labute approximate surface area is 189 Å². The molecule has 4 rings (SSSR count). The normalized spacial score (nSPS) is 10.5. The van der Waals surface area contributed by atoms with Gasteiger partial charge in [-0.2, -0.15) is 0 Å². The van der Waals surface area contributed by atoms with Crippen LogP contribution >= 0.6 is 11.6 Å². The van der Waals surface area contributed by atoms with Crippen LogP contribution in [0.3, 0.4) is 0 Å². The summed E-state index contributed by atoms with van der Waals surface area (Å²) < 4.78 is 18.3. The average molecular weight is 449 g/mol. The Morgan fingerprint density at radius 2 is 1.81 bits per heavy atom. The van der Waals surface area contributed by atoms with E-state index in [2.05, 4.69) is 20.6 Å². The topological polar surface area (TPSA) is 76.1 Å². The number of methoxy groups -OCH3 is 1. The minimum Gasteiger partial charge on any atom is -0.495 e. The second-order valence-corrected chi connectivity index (χ2v) is 7.19. The van der Waals surface area contributed by atoms with E-state index in [1.165, 1.54) is 19.2 Å². The van der Waals surface area contributed by atoms with Gasteiger partial charge in [0.15, 0.2) is 5.82 Å². The lowest BCUT2D eigenvalue weighted by atomic mass is 10.1. The molecular weight excluding hydrogens is 431 g/mol. The number of hydrogen-bond acceptors (Lipinski definition) is 5. The molecule has 1 aromatic heterocycles. The van der Waals surface area contributed by atoms with Crippen molar-refractivity contribution in [2.24, 2.45) is 0 Å². The van der Waals surface area contributed by atoms with Crippen molar-refractivity contribution < 1.29 is 13.9 Å². The number of nitrogens with zero attached hydrogens (tertiary/aromatic N) is 2. The summed E-state index contributed by atoms with van der Waals surface area (Å²) in [5.41, 5.74) is 2.38. The molecule has 6 nitrogen and oxygen atoms in total. The average Bonchev–Trinajstić information content (AvgIpc) is 2.80. The summed E-state index contributed by atoms with van der Waals surface area (Å²) in [6.07, 6.45) is 1.61. The van der Waals surface area contributed by atoms with Gasteiger partial charge in [0, 0.05) is 28.7 Å². The fourth-order valence-electron chi connectivity index (χ4n) is 3.00. The molecule has 4 aromatic rings. The first-order valence-electron chi connectivity index (χ1n) is 9.63. The molecule has 0 aliphatic rings. The predicted octanol–water partition coefficient (Wildman–Crippen LogP) is 5.94. The fourth-order valence-corrected chi connectivity index (χ4v) is 3.26. The van der Waals surface area contributed by atoms with Crippen LogP contribution in [-0.4, -0.2) is 23.0 Å². The Hall–Kier alpha value is -3.97. The lowest BCUT2D eigenvalue weighted by molar-refractivity contribution is 0.102. The molecule has 0 fully saturated rings. The summed E-state index contributed by atoms with van der Waals surface area (Å²) >= 11 is 6.12. The second kappa shape index (κ2) is 9.45. The summed E-state index contributed by atoms with van der Waals surface area (Å²) in [5, 5.41) is 6.38. The molecule has 0 unspecified atom stereocenters. The summed E-state index contributed by atoms with van der Waals surface area (Å²) in [4.78, 5) is 21.4. The van der Waals surface area contributed by atoms with Crippen LogP contribution in [0, 0.1) is 5.82 Å². The largest absolute Gasteiger partial charge is 0.495 e. The molecule has 0 atom stereocenters. The first-order valence-corrected chi connectivity index (χ1v) is 10.0. The van der Waals surface area contributed by atoms with E-state index in [9.17, 15) is 9.18 Å². The van der Waals surface area contributed by atoms with Crippen molar-refractivity contribution in [1.29, 1.82) is 0 Å². The SMILES string of the molecule is COc1ccc(NC(=O)c2cccc(Nc3ccnc(-c4ccc(F)cc4)n3)c2)cc1Cl. The highest BCUT2D eigenvalue weighted by molar-refractivity contribution is 6.32. The number of rotatable bonds is 6. The van der Waals surface area contributed by atoms with E-state index in [-0.39, 0.29) is 11.7 Å². The van der Waals surface area contributed by atoms with E-state index in [1.54, 1.807) is 60.8 Å². The third kappa shape index (κ3) is 5.01. The van der Waals surface area contributed by atoms with Gasteiger partial charge in [-0.15, -0.1) is 0 Å². The van der Waals surface area contributed by atoms with Crippen molar-refractivity contribution in [1.82, 2.24) is 9.97 Å². The minimum atomic E-state index is -0.324. The van der Waals surface area contributed by atoms with Gasteiger partial charge in [0.05, 0.1) is 12.1 Å². The maximum Gasteiger partial charge on any atom is 0.255 e. The zero-order valence-electron chi connectivity index (χ0n) is 17.0. The number of carbonyl (C=O) groups is 1. The molecule has 0 radical (unpaired) electrons. The van der Waals surface area contributed by atoms with Crippen molar-refractivity contribution in [3.8, 4) is 17.1 Å². The monoisotopic (exact) mass is 448 g/mol. The van der Waals surface area contributed by atoms with Crippen molar-refractivity contribution in [2.45, 2.75) is 0 Å². The number of benzene rings is 3. The van der Waals surface area contributed by atoms with E-state index < -0.39 is 0 Å². The van der Waals surface area contributed by atoms with Gasteiger partial charge in [0.25, 0.3) is 5.91 Å². The Kier molecular flexibility index (Phi) is 6.28. The van der Waals surface area contributed by atoms with E-state index >= 15 is 0 Å². The smallest absolute Gasteiger partial charge is 0.255 e. The van der Waals surface area contributed by atoms with Crippen molar-refractivity contribution in [2.75, 3.05) is 17.7 Å². The summed E-state index contributed by atoms with van der Waals surface area (Å²) in [5.74, 6) is 0.916. The Morgan fingerprint density at radius 1 is 1.00 bits per heavy atom. The number of ether oxygens (including phenoxy) is 1. The number of carbonyl (C=O) groups excluding carboxylic acids is 1. The van der Waals surface area contributed by atoms with Crippen LogP contribution in [0.4, 0.5) is 21.6 Å². The summed E-state index contributed by atoms with van der Waals surface area (Å²) in [6, 6.07) is 19.7. The summed E-state index contributed by atoms with van der Waals surface area (Å²) in [7, 11) is 1.53. The number of hydrogen-bond donors (Lipinski definition) is 2. The molecule has 2 N–H and O–H groups in total. The molecule has 160 valence electrons. The number of amides is 1. The highest BCUT2D eigenvalue weighted by atomic mass is 35.5. The second-order valence-electron chi connectivity index (χ2n) is 6.78. The maximum atomic E-state index is 13.2. The van der Waals surface area contributed by atoms with Gasteiger partial charge in [-0.25, -0.2) is 14.4 Å². The van der Waals surface area contributed by atoms with Crippen molar-refractivity contribution in [3.05, 3.63) is 95.4 Å². The molecule has 0 aliphatic carbocycles. The molecule has 1 amide bonds. The molecule has 0 bridgehead atoms. The highest BCUT2D eigenvalue weighted by Crippen LogP contribution is 2.27. The zero-order valence-corrected chi connectivity index (χ0v) is 17.7. The van der Waals surface area contributed by atoms with Crippen LogP contribution in [-0.2, 0) is 0 Å². The molecule has 8 heteroatoms. The van der Waals surface area contributed by atoms with Gasteiger partial charge in [-0.1, -0.05) is 17.7 Å². The molecule has 3 aromatic carbocycles. The molecule has 0 spiro atoms. The van der Waals surface area contributed by atoms with E-state index in [4.69, 9.17) is 16.3 Å². The number of aromatic nitrogens is 2. The van der Waals surface area contributed by atoms with Crippen LogP contribution in [0.15, 0.2) is 79.0 Å². The summed E-state index contributed by atoms with van der Waals surface area (Å²) in [6.45, 7) is 0. The Bertz CT molecular complexity index is 1270. The quantitative estimate of drug-likeness (QED) is 0.381. The van der Waals surface area contributed by atoms with Crippen LogP contribution in [0.25, 0.3) is 11.4 Å². The highest BCUT2D eigenvalue weighted by Gasteiger charge is 2.10. The standard InChI is InChI=1S/C24H18ClFN4O2/c1-32-21-10-9-19(14-20(21)25)29-24(31)16-3-2-4-18(13-16)28-22-11-12-27-23(30-22)15-5-7-17(26)8-6-15/h2-14H,1H3,(H,29,31)(H,27,28,30). The van der Waals surface area contributed by atoms with Gasteiger partial charge >= 0.3 is 0 Å². The Morgan fingerprint density at radius 3 is 2.56 bits per heavy atom. The first kappa shape index (κ1) is 21.3. The van der Waals surface area contributed by atoms with Gasteiger partial charge < -0.3 is 15.4 Å². The zero-order chi connectivity index (χ0) is 22.5. The Balaban J connectivity index is 1.49. The molecule has 0 saturated heterocycles. The van der Waals surface area contributed by atoms with Crippen LogP contribution in [0.1, 0.15) is 10.4 Å². The lowest BCUT2D eigenvalue weighted by Crippen LogP contribution is -2.12. The molecule has 0 aliphatic heterocycles. The van der Waals surface area contributed by atoms with Crippen LogP contribution in [0.2, 0.25) is 5.02 Å². The van der Waals surface area contributed by atoms with Crippen LogP contribution in [0.5, 0.6) is 5.75 Å². The van der Waals surface area contributed by atoms with E-state index in [1.807, 2.05) is 6.07 Å². The fraction of sp³-hybridized carbons (Fsp3) is 0.0417. The lowest BCUT2D eigenvalue weighted by Gasteiger charge is -2.10. The van der Waals surface area contributed by atoms with Crippen molar-refractivity contribution >= 4 is 34.7 Å². The number of anilines is 3. The number of halogens is 2. The van der Waals surface area contributed by atoms with E-state index in [0.717, 1.165) is 0 Å². The van der Waals surface area contributed by atoms with Gasteiger partial charge in [-0.05, 0) is 66.7 Å². The molecule has 32 heavy (non-hydrogen) atoms. The number of nitrogens with one attached hydrogen (secondary N) is 2. The van der Waals surface area contributed by atoms with Crippen LogP contribution < -0.4 is 15.4 Å². The molecule has 0 saturated carbocycles. The molecular formula is C24H18ClFN4O2.